The van der Waals surface area contributed by atoms with Crippen molar-refractivity contribution in [3.05, 3.63) is 25.0 Å². The number of carbonyl (C=O) groups excluding carboxylic acids is 2. The van der Waals surface area contributed by atoms with Crippen molar-refractivity contribution in [3.63, 3.8) is 0 Å². The molecule has 0 saturated carbocycles. The highest BCUT2D eigenvalue weighted by atomic mass is 16.5. The Morgan fingerprint density at radius 3 is 1.60 bits per heavy atom. The Hall–Kier alpha value is -4.44. The van der Waals surface area contributed by atoms with Crippen LogP contribution in [0.2, 0.25) is 0 Å². The van der Waals surface area contributed by atoms with Crippen LogP contribution in [0, 0.1) is 11.8 Å². The predicted octanol–water partition coefficient (Wildman–Crippen LogP) is -0.0596. The Labute approximate surface area is 229 Å². The maximum absolute atomic E-state index is 11.0. The van der Waals surface area contributed by atoms with Gasteiger partial charge in [0.1, 0.15) is 11.0 Å². The number of aryl methyl sites for hydroxylation is 2. The van der Waals surface area contributed by atoms with Gasteiger partial charge in [-0.05, 0) is 12.8 Å². The average molecular weight is 559 g/mol. The fourth-order valence-corrected chi connectivity index (χ4v) is 3.63. The summed E-state index contributed by atoms with van der Waals surface area (Å²) < 4.78 is 13.7. The number of nitrogen functional groups attached to an aromatic ring is 2. The number of carbonyl (C=O) groups is 2. The van der Waals surface area contributed by atoms with Gasteiger partial charge in [-0.1, -0.05) is 0 Å². The molecule has 16 heteroatoms. The molecule has 4 heterocycles. The Morgan fingerprint density at radius 1 is 0.775 bits per heavy atom. The van der Waals surface area contributed by atoms with Crippen molar-refractivity contribution in [1.82, 2.24) is 39.0 Å². The first-order chi connectivity index (χ1) is 19.2. The van der Waals surface area contributed by atoms with Crippen molar-refractivity contribution < 1.29 is 29.3 Å². The van der Waals surface area contributed by atoms with Gasteiger partial charge < -0.3 is 40.3 Å². The van der Waals surface area contributed by atoms with Crippen molar-refractivity contribution >= 4 is 46.2 Å². The zero-order valence-corrected chi connectivity index (χ0v) is 22.4. The number of rotatable bonds is 12. The summed E-state index contributed by atoms with van der Waals surface area (Å²) >= 11 is 0. The van der Waals surface area contributed by atoms with Crippen LogP contribution in [0.5, 0.6) is 0 Å². The van der Waals surface area contributed by atoms with Gasteiger partial charge in [0.05, 0.1) is 38.3 Å². The fourth-order valence-electron chi connectivity index (χ4n) is 3.63. The molecule has 216 valence electrons. The number of hydrogen-bond acceptors (Lipinski definition) is 14. The fraction of sp³-hybridized carbons (Fsp3) is 0.500. The van der Waals surface area contributed by atoms with E-state index in [9.17, 15) is 9.59 Å². The van der Waals surface area contributed by atoms with E-state index >= 15 is 0 Å². The number of nitrogens with zero attached hydrogens (tertiary/aromatic N) is 8. The van der Waals surface area contributed by atoms with Crippen LogP contribution < -0.4 is 11.5 Å². The zero-order chi connectivity index (χ0) is 29.1. The van der Waals surface area contributed by atoms with Crippen LogP contribution in [0.25, 0.3) is 22.3 Å². The molecule has 0 radical (unpaired) electrons. The lowest BCUT2D eigenvalue weighted by Gasteiger charge is -2.16. The summed E-state index contributed by atoms with van der Waals surface area (Å²) in [6, 6.07) is 0. The lowest BCUT2D eigenvalue weighted by Crippen LogP contribution is -2.21. The molecule has 0 fully saturated rings. The Bertz CT molecular complexity index is 1390. The summed E-state index contributed by atoms with van der Waals surface area (Å²) in [7, 11) is 0. The molecule has 0 unspecified atom stereocenters. The normalized spacial score (nSPS) is 11.2. The largest absolute Gasteiger partial charge is 0.465 e. The van der Waals surface area contributed by atoms with Crippen molar-refractivity contribution in [2.24, 2.45) is 11.8 Å². The third-order valence-electron chi connectivity index (χ3n) is 5.87. The van der Waals surface area contributed by atoms with Gasteiger partial charge in [0.2, 0.25) is 11.9 Å². The van der Waals surface area contributed by atoms with Crippen LogP contribution in [-0.2, 0) is 32.2 Å². The molecule has 4 aromatic rings. The van der Waals surface area contributed by atoms with Crippen molar-refractivity contribution in [2.75, 3.05) is 37.9 Å². The summed E-state index contributed by atoms with van der Waals surface area (Å²) in [6.45, 7) is 4.19. The third kappa shape index (κ3) is 8.81. The molecule has 0 aliphatic rings. The lowest BCUT2D eigenvalue weighted by molar-refractivity contribution is -0.146. The SMILES string of the molecule is CC(=O)OCC(CCn1cnc2cnc(N)nc21)COC(C)=O.Nc1ncc2ncn(CCC(CO)CO)c2n1. The maximum Gasteiger partial charge on any atom is 0.302 e. The molecule has 0 bridgehead atoms. The monoisotopic (exact) mass is 558 g/mol. The van der Waals surface area contributed by atoms with E-state index < -0.39 is 0 Å². The van der Waals surface area contributed by atoms with E-state index in [-0.39, 0.29) is 62.1 Å². The van der Waals surface area contributed by atoms with E-state index in [1.165, 1.54) is 13.8 Å². The third-order valence-corrected chi connectivity index (χ3v) is 5.87. The Balaban J connectivity index is 0.000000230. The van der Waals surface area contributed by atoms with Crippen LogP contribution in [0.3, 0.4) is 0 Å². The molecule has 0 atom stereocenters. The highest BCUT2D eigenvalue weighted by Crippen LogP contribution is 2.14. The molecule has 4 rings (SSSR count). The summed E-state index contributed by atoms with van der Waals surface area (Å²) in [5, 5.41) is 18.0. The van der Waals surface area contributed by atoms with Crippen LogP contribution in [0.1, 0.15) is 26.7 Å². The van der Waals surface area contributed by atoms with Crippen LogP contribution in [0.4, 0.5) is 11.9 Å². The number of aliphatic hydroxyl groups excluding tert-OH is 2. The van der Waals surface area contributed by atoms with Gasteiger partial charge in [0, 0.05) is 52.0 Å². The van der Waals surface area contributed by atoms with Gasteiger partial charge in [-0.25, -0.2) is 19.9 Å². The van der Waals surface area contributed by atoms with Crippen LogP contribution in [0.15, 0.2) is 25.0 Å². The van der Waals surface area contributed by atoms with E-state index in [1.54, 1.807) is 25.0 Å². The number of nitrogens with two attached hydrogens (primary N) is 2. The molecule has 0 spiro atoms. The van der Waals surface area contributed by atoms with E-state index in [0.29, 0.717) is 48.3 Å². The maximum atomic E-state index is 11.0. The van der Waals surface area contributed by atoms with Crippen molar-refractivity contribution in [3.8, 4) is 0 Å². The van der Waals surface area contributed by atoms with E-state index in [2.05, 4.69) is 29.9 Å². The summed E-state index contributed by atoms with van der Waals surface area (Å²) in [4.78, 5) is 46.3. The molecule has 40 heavy (non-hydrogen) atoms. The van der Waals surface area contributed by atoms with Gasteiger partial charge in [0.15, 0.2) is 11.3 Å². The minimum absolute atomic E-state index is 0.0275. The molecule has 0 aliphatic carbocycles. The van der Waals surface area contributed by atoms with Crippen molar-refractivity contribution in [2.45, 2.75) is 39.8 Å². The first-order valence-electron chi connectivity index (χ1n) is 12.5. The van der Waals surface area contributed by atoms with Crippen LogP contribution in [-0.4, -0.2) is 87.6 Å². The van der Waals surface area contributed by atoms with E-state index in [1.807, 2.05) is 9.13 Å². The van der Waals surface area contributed by atoms with Gasteiger partial charge in [-0.2, -0.15) is 9.97 Å². The number of aromatic nitrogens is 8. The lowest BCUT2D eigenvalue weighted by atomic mass is 10.1. The zero-order valence-electron chi connectivity index (χ0n) is 22.4. The second-order valence-electron chi connectivity index (χ2n) is 9.03. The Morgan fingerprint density at radius 2 is 1.20 bits per heavy atom. The highest BCUT2D eigenvalue weighted by molar-refractivity contribution is 5.71. The van der Waals surface area contributed by atoms with Gasteiger partial charge in [-0.3, -0.25) is 9.59 Å². The first-order valence-corrected chi connectivity index (χ1v) is 12.5. The van der Waals surface area contributed by atoms with Crippen LogP contribution >= 0.6 is 0 Å². The van der Waals surface area contributed by atoms with Gasteiger partial charge in [0.25, 0.3) is 0 Å². The molecule has 4 aromatic heterocycles. The number of aliphatic hydroxyl groups is 2. The summed E-state index contributed by atoms with van der Waals surface area (Å²) in [5.41, 5.74) is 13.8. The molecule has 0 amide bonds. The molecule has 16 nitrogen and oxygen atoms in total. The molecule has 0 aromatic carbocycles. The second kappa shape index (κ2) is 14.6. The van der Waals surface area contributed by atoms with E-state index in [0.717, 1.165) is 0 Å². The summed E-state index contributed by atoms with van der Waals surface area (Å²) in [5.74, 6) is -0.584. The smallest absolute Gasteiger partial charge is 0.302 e. The predicted molar refractivity (Wildman–Crippen MR) is 143 cm³/mol. The molecular formula is C24H34N10O6. The van der Waals surface area contributed by atoms with Gasteiger partial charge >= 0.3 is 11.9 Å². The number of imidazole rings is 2. The number of fused-ring (bicyclic) bond motifs is 2. The Kier molecular flexibility index (Phi) is 11.0. The van der Waals surface area contributed by atoms with Gasteiger partial charge in [-0.15, -0.1) is 0 Å². The van der Waals surface area contributed by atoms with Crippen molar-refractivity contribution in [1.29, 1.82) is 0 Å². The standard InChI is InChI=1S/C14H19N5O4.C10H15N5O2/c1-9(20)22-6-11(7-23-10(2)21)3-4-19-8-17-12-5-16-14(15)18-13(12)19;11-10-12-3-8-9(14-10)15(6-13-8)2-1-7(4-16)5-17/h5,8,11H,3-4,6-7H2,1-2H3,(H2,15,16,18);3,6-7,16-17H,1-2,4-5H2,(H2,11,12,14). The van der Waals surface area contributed by atoms with E-state index in [4.69, 9.17) is 31.2 Å². The number of hydrogen-bond donors (Lipinski definition) is 4. The molecule has 0 saturated heterocycles. The second-order valence-corrected chi connectivity index (χ2v) is 9.03. The summed E-state index contributed by atoms with van der Waals surface area (Å²) in [6.07, 6.45) is 7.71. The number of esters is 2. The molecular weight excluding hydrogens is 524 g/mol. The number of ether oxygens (including phenoxy) is 2. The minimum Gasteiger partial charge on any atom is -0.465 e. The topological polar surface area (TPSA) is 232 Å². The molecule has 6 N–H and O–H groups in total. The average Bonchev–Trinajstić information content (AvgIpc) is 3.52. The first kappa shape index (κ1) is 30.1. The molecule has 0 aliphatic heterocycles. The minimum atomic E-state index is -0.369. The quantitative estimate of drug-likeness (QED) is 0.167. The number of anilines is 2. The highest BCUT2D eigenvalue weighted by Gasteiger charge is 2.15.